The van der Waals surface area contributed by atoms with Gasteiger partial charge in [-0.15, -0.1) is 0 Å². The molecule has 21 heavy (non-hydrogen) atoms. The van der Waals surface area contributed by atoms with Crippen molar-refractivity contribution < 1.29 is 13.2 Å². The zero-order valence-electron chi connectivity index (χ0n) is 11.3. The number of anilines is 1. The van der Waals surface area contributed by atoms with E-state index in [4.69, 9.17) is 11.6 Å². The van der Waals surface area contributed by atoms with Crippen LogP contribution in [0.25, 0.3) is 0 Å². The maximum atomic E-state index is 12.2. The van der Waals surface area contributed by atoms with Crippen molar-refractivity contribution in [1.29, 1.82) is 0 Å². The van der Waals surface area contributed by atoms with Gasteiger partial charge in [0.1, 0.15) is 0 Å². The predicted molar refractivity (Wildman–Crippen MR) is 84.4 cm³/mol. The average molecular weight is 324 g/mol. The second-order valence-electron chi connectivity index (χ2n) is 4.69. The normalized spacial score (nSPS) is 11.1. The maximum absolute atomic E-state index is 12.2. The Balaban J connectivity index is 2.26. The fraction of sp³-hybridized carbons (Fsp3) is 0.133. The average Bonchev–Trinajstić information content (AvgIpc) is 2.39. The van der Waals surface area contributed by atoms with Crippen LogP contribution < -0.4 is 5.32 Å². The number of hydrogen-bond donors (Lipinski definition) is 1. The highest BCUT2D eigenvalue weighted by Gasteiger charge is 2.12. The molecule has 0 saturated carbocycles. The van der Waals surface area contributed by atoms with Gasteiger partial charge in [0.05, 0.1) is 5.75 Å². The topological polar surface area (TPSA) is 63.2 Å². The lowest BCUT2D eigenvalue weighted by atomic mass is 10.1. The van der Waals surface area contributed by atoms with Crippen LogP contribution in [0.15, 0.2) is 48.5 Å². The second kappa shape index (κ2) is 6.28. The monoisotopic (exact) mass is 323 g/mol. The summed E-state index contributed by atoms with van der Waals surface area (Å²) in [5.74, 6) is -0.461. The number of para-hydroxylation sites is 1. The minimum atomic E-state index is -3.18. The first kappa shape index (κ1) is 15.5. The van der Waals surface area contributed by atoms with E-state index < -0.39 is 9.84 Å². The zero-order valence-corrected chi connectivity index (χ0v) is 12.9. The first-order valence-electron chi connectivity index (χ1n) is 6.18. The molecular weight excluding hydrogens is 310 g/mol. The Morgan fingerprint density at radius 3 is 2.52 bits per heavy atom. The molecule has 2 aromatic carbocycles. The molecule has 0 radical (unpaired) electrons. The standard InChI is InChI=1S/C15H14ClNO3S/c1-21(19,20)10-12-5-2-3-8-14(12)17-15(18)11-6-4-7-13(16)9-11/h2-9H,10H2,1H3,(H,17,18). The molecule has 0 bridgehead atoms. The van der Waals surface area contributed by atoms with E-state index in [2.05, 4.69) is 5.32 Å². The van der Waals surface area contributed by atoms with Gasteiger partial charge < -0.3 is 5.32 Å². The number of rotatable bonds is 4. The van der Waals surface area contributed by atoms with E-state index in [-0.39, 0.29) is 11.7 Å². The SMILES string of the molecule is CS(=O)(=O)Cc1ccccc1NC(=O)c1cccc(Cl)c1. The van der Waals surface area contributed by atoms with E-state index in [0.29, 0.717) is 21.8 Å². The molecule has 0 aliphatic rings. The molecule has 0 fully saturated rings. The lowest BCUT2D eigenvalue weighted by Crippen LogP contribution is -2.14. The summed E-state index contributed by atoms with van der Waals surface area (Å²) in [6.07, 6.45) is 1.16. The largest absolute Gasteiger partial charge is 0.322 e. The second-order valence-corrected chi connectivity index (χ2v) is 7.27. The Morgan fingerprint density at radius 1 is 1.14 bits per heavy atom. The summed E-state index contributed by atoms with van der Waals surface area (Å²) < 4.78 is 22.8. The fourth-order valence-electron chi connectivity index (χ4n) is 1.87. The van der Waals surface area contributed by atoms with Crippen LogP contribution in [-0.2, 0) is 15.6 Å². The van der Waals surface area contributed by atoms with E-state index in [1.807, 2.05) is 0 Å². The van der Waals surface area contributed by atoms with Crippen molar-refractivity contribution in [2.45, 2.75) is 5.75 Å². The Morgan fingerprint density at radius 2 is 1.86 bits per heavy atom. The van der Waals surface area contributed by atoms with Gasteiger partial charge in [0.2, 0.25) is 0 Å². The van der Waals surface area contributed by atoms with E-state index in [1.165, 1.54) is 0 Å². The molecule has 0 saturated heterocycles. The fourth-order valence-corrected chi connectivity index (χ4v) is 2.88. The van der Waals surface area contributed by atoms with Crippen molar-refractivity contribution >= 4 is 33.0 Å². The first-order chi connectivity index (χ1) is 9.85. The van der Waals surface area contributed by atoms with Gasteiger partial charge in [0, 0.05) is 22.5 Å². The van der Waals surface area contributed by atoms with Crippen molar-refractivity contribution in [3.05, 3.63) is 64.7 Å². The molecule has 1 amide bonds. The number of benzene rings is 2. The molecule has 0 aromatic heterocycles. The van der Waals surface area contributed by atoms with Gasteiger partial charge in [-0.25, -0.2) is 8.42 Å². The van der Waals surface area contributed by atoms with Crippen molar-refractivity contribution in [3.8, 4) is 0 Å². The number of carbonyl (C=O) groups excluding carboxylic acids is 1. The van der Waals surface area contributed by atoms with Gasteiger partial charge in [-0.1, -0.05) is 35.9 Å². The summed E-state index contributed by atoms with van der Waals surface area (Å²) in [5, 5.41) is 3.18. The highest BCUT2D eigenvalue weighted by atomic mass is 35.5. The molecule has 0 aliphatic carbocycles. The predicted octanol–water partition coefficient (Wildman–Crippen LogP) is 3.14. The molecule has 0 aliphatic heterocycles. The van der Waals surface area contributed by atoms with Crippen LogP contribution in [0.3, 0.4) is 0 Å². The van der Waals surface area contributed by atoms with E-state index in [1.54, 1.807) is 48.5 Å². The first-order valence-corrected chi connectivity index (χ1v) is 8.61. The third-order valence-corrected chi connectivity index (χ3v) is 3.84. The van der Waals surface area contributed by atoms with Crippen molar-refractivity contribution in [1.82, 2.24) is 0 Å². The smallest absolute Gasteiger partial charge is 0.255 e. The van der Waals surface area contributed by atoms with Crippen LogP contribution in [0.5, 0.6) is 0 Å². The number of amides is 1. The summed E-state index contributed by atoms with van der Waals surface area (Å²) in [4.78, 5) is 12.2. The summed E-state index contributed by atoms with van der Waals surface area (Å²) in [6, 6.07) is 13.4. The van der Waals surface area contributed by atoms with Gasteiger partial charge in [-0.05, 0) is 29.8 Å². The van der Waals surface area contributed by atoms with Crippen LogP contribution >= 0.6 is 11.6 Å². The molecule has 6 heteroatoms. The summed E-state index contributed by atoms with van der Waals surface area (Å²) in [5.41, 5.74) is 1.44. The molecule has 0 spiro atoms. The highest BCUT2D eigenvalue weighted by molar-refractivity contribution is 7.89. The van der Waals surface area contributed by atoms with Crippen LogP contribution in [-0.4, -0.2) is 20.6 Å². The zero-order chi connectivity index (χ0) is 15.5. The number of sulfone groups is 1. The third-order valence-electron chi connectivity index (χ3n) is 2.77. The van der Waals surface area contributed by atoms with Crippen LogP contribution in [0.1, 0.15) is 15.9 Å². The molecule has 110 valence electrons. The van der Waals surface area contributed by atoms with Gasteiger partial charge in [-0.3, -0.25) is 4.79 Å². The molecule has 4 nitrogen and oxygen atoms in total. The molecule has 0 atom stereocenters. The van der Waals surface area contributed by atoms with Crippen molar-refractivity contribution in [2.75, 3.05) is 11.6 Å². The van der Waals surface area contributed by atoms with Crippen LogP contribution in [0.4, 0.5) is 5.69 Å². The molecule has 0 unspecified atom stereocenters. The Bertz CT molecular complexity index is 772. The van der Waals surface area contributed by atoms with E-state index in [9.17, 15) is 13.2 Å². The van der Waals surface area contributed by atoms with Crippen molar-refractivity contribution in [2.24, 2.45) is 0 Å². The molecular formula is C15H14ClNO3S. The quantitative estimate of drug-likeness (QED) is 0.940. The third kappa shape index (κ3) is 4.58. The Hall–Kier alpha value is -1.85. The molecule has 0 heterocycles. The van der Waals surface area contributed by atoms with Gasteiger partial charge in [-0.2, -0.15) is 0 Å². The van der Waals surface area contributed by atoms with E-state index >= 15 is 0 Å². The molecule has 1 N–H and O–H groups in total. The number of halogens is 1. The summed E-state index contributed by atoms with van der Waals surface area (Å²) in [7, 11) is -3.18. The number of nitrogens with one attached hydrogen (secondary N) is 1. The van der Waals surface area contributed by atoms with Gasteiger partial charge >= 0.3 is 0 Å². The lowest BCUT2D eigenvalue weighted by molar-refractivity contribution is 0.102. The highest BCUT2D eigenvalue weighted by Crippen LogP contribution is 2.19. The molecule has 2 aromatic rings. The van der Waals surface area contributed by atoms with Gasteiger partial charge in [0.25, 0.3) is 5.91 Å². The minimum absolute atomic E-state index is 0.126. The summed E-state index contributed by atoms with van der Waals surface area (Å²) >= 11 is 5.85. The van der Waals surface area contributed by atoms with Crippen molar-refractivity contribution in [3.63, 3.8) is 0 Å². The van der Waals surface area contributed by atoms with E-state index in [0.717, 1.165) is 6.26 Å². The minimum Gasteiger partial charge on any atom is -0.322 e. The number of carbonyl (C=O) groups is 1. The van der Waals surface area contributed by atoms with Gasteiger partial charge in [0.15, 0.2) is 9.84 Å². The maximum Gasteiger partial charge on any atom is 0.255 e. The van der Waals surface area contributed by atoms with Crippen LogP contribution in [0.2, 0.25) is 5.02 Å². The summed E-state index contributed by atoms with van der Waals surface area (Å²) in [6.45, 7) is 0. The number of hydrogen-bond acceptors (Lipinski definition) is 3. The lowest BCUT2D eigenvalue weighted by Gasteiger charge is -2.10. The molecule has 2 rings (SSSR count). The van der Waals surface area contributed by atoms with Crippen LogP contribution in [0, 0.1) is 0 Å². The Labute approximate surface area is 128 Å². The Kier molecular flexibility index (Phi) is 4.65.